The molecule has 0 amide bonds. The Bertz CT molecular complexity index is 131. The summed E-state index contributed by atoms with van der Waals surface area (Å²) in [4.78, 5) is 0. The summed E-state index contributed by atoms with van der Waals surface area (Å²) in [6, 6.07) is 0. The molecule has 0 bridgehead atoms. The average molecular weight is 168 g/mol. The van der Waals surface area contributed by atoms with E-state index in [4.69, 9.17) is 0 Å². The Morgan fingerprint density at radius 2 is 1.75 bits per heavy atom. The third-order valence-corrected chi connectivity index (χ3v) is 2.99. The lowest BCUT2D eigenvalue weighted by Crippen LogP contribution is -2.19. The Labute approximate surface area is 78.1 Å². The van der Waals surface area contributed by atoms with E-state index in [-0.39, 0.29) is 0 Å². The molecule has 0 heterocycles. The highest BCUT2D eigenvalue weighted by atomic mass is 14.3. The van der Waals surface area contributed by atoms with Crippen LogP contribution in [-0.4, -0.2) is 0 Å². The van der Waals surface area contributed by atoms with Gasteiger partial charge in [-0.05, 0) is 24.2 Å². The number of allylic oxidation sites excluding steroid dienone is 2. The summed E-state index contributed by atoms with van der Waals surface area (Å²) in [5, 5.41) is 0. The van der Waals surface area contributed by atoms with Gasteiger partial charge in [-0.2, -0.15) is 0 Å². The topological polar surface area (TPSA) is 0 Å². The predicted octanol–water partition coefficient (Wildman–Crippen LogP) is 4.42. The monoisotopic (exact) mass is 168 g/mol. The molecule has 12 heavy (non-hydrogen) atoms. The van der Waals surface area contributed by atoms with Crippen molar-refractivity contribution in [3.63, 3.8) is 0 Å². The Morgan fingerprint density at radius 1 is 1.17 bits per heavy atom. The quantitative estimate of drug-likeness (QED) is 0.533. The highest BCUT2D eigenvalue weighted by molar-refractivity contribution is 4.88. The van der Waals surface area contributed by atoms with Gasteiger partial charge in [-0.25, -0.2) is 0 Å². The van der Waals surface area contributed by atoms with E-state index in [0.717, 1.165) is 12.3 Å². The predicted molar refractivity (Wildman–Crippen MR) is 57.3 cm³/mol. The number of hydrogen-bond acceptors (Lipinski definition) is 0. The molecule has 0 saturated heterocycles. The first-order valence-electron chi connectivity index (χ1n) is 5.19. The molecule has 72 valence electrons. The average Bonchev–Trinajstić information content (AvgIpc) is 2.03. The van der Waals surface area contributed by atoms with E-state index in [1.54, 1.807) is 0 Å². The summed E-state index contributed by atoms with van der Waals surface area (Å²) >= 11 is 0. The van der Waals surface area contributed by atoms with E-state index in [1.807, 2.05) is 0 Å². The zero-order chi connectivity index (χ0) is 9.61. The molecule has 0 N–H and O–H groups in total. The van der Waals surface area contributed by atoms with E-state index >= 15 is 0 Å². The third kappa shape index (κ3) is 3.94. The zero-order valence-corrected chi connectivity index (χ0v) is 9.35. The Hall–Kier alpha value is -0.260. The molecule has 0 aliphatic carbocycles. The van der Waals surface area contributed by atoms with Crippen molar-refractivity contribution in [3.05, 3.63) is 12.2 Å². The molecule has 0 aromatic rings. The molecule has 0 spiro atoms. The van der Waals surface area contributed by atoms with Gasteiger partial charge in [0.05, 0.1) is 0 Å². The standard InChI is InChI=1S/C12H24/c1-6-8-9-10-12(4,5)11(3)7-2/h8-9,11H,6-7,10H2,1-5H3. The van der Waals surface area contributed by atoms with Crippen molar-refractivity contribution in [3.8, 4) is 0 Å². The minimum Gasteiger partial charge on any atom is -0.0888 e. The number of rotatable bonds is 5. The maximum Gasteiger partial charge on any atom is -0.0294 e. The van der Waals surface area contributed by atoms with Gasteiger partial charge in [0.15, 0.2) is 0 Å². The molecule has 1 atom stereocenters. The fourth-order valence-electron chi connectivity index (χ4n) is 1.31. The van der Waals surface area contributed by atoms with Crippen LogP contribution in [0.1, 0.15) is 53.9 Å². The molecule has 0 saturated carbocycles. The molecule has 0 aliphatic heterocycles. The van der Waals surface area contributed by atoms with Gasteiger partial charge in [0.2, 0.25) is 0 Å². The second kappa shape index (κ2) is 5.40. The fraction of sp³-hybridized carbons (Fsp3) is 0.833. The van der Waals surface area contributed by atoms with Crippen molar-refractivity contribution in [2.24, 2.45) is 11.3 Å². The van der Waals surface area contributed by atoms with E-state index in [2.05, 4.69) is 46.8 Å². The van der Waals surface area contributed by atoms with Crippen LogP contribution < -0.4 is 0 Å². The normalized spacial score (nSPS) is 15.4. The largest absolute Gasteiger partial charge is 0.0888 e. The summed E-state index contributed by atoms with van der Waals surface area (Å²) in [5.41, 5.74) is 0.473. The molecular weight excluding hydrogens is 144 g/mol. The summed E-state index contributed by atoms with van der Waals surface area (Å²) in [7, 11) is 0. The Morgan fingerprint density at radius 3 is 2.17 bits per heavy atom. The van der Waals surface area contributed by atoms with Crippen LogP contribution in [0, 0.1) is 11.3 Å². The van der Waals surface area contributed by atoms with Crippen molar-refractivity contribution in [2.45, 2.75) is 53.9 Å². The molecule has 0 rings (SSSR count). The molecular formula is C12H24. The van der Waals surface area contributed by atoms with Crippen LogP contribution in [0.4, 0.5) is 0 Å². The van der Waals surface area contributed by atoms with Crippen LogP contribution in [-0.2, 0) is 0 Å². The summed E-state index contributed by atoms with van der Waals surface area (Å²) in [5.74, 6) is 0.819. The lowest BCUT2D eigenvalue weighted by atomic mass is 9.76. The van der Waals surface area contributed by atoms with E-state index in [9.17, 15) is 0 Å². The van der Waals surface area contributed by atoms with Gasteiger partial charge in [0.25, 0.3) is 0 Å². The van der Waals surface area contributed by atoms with Crippen LogP contribution in [0.5, 0.6) is 0 Å². The SMILES string of the molecule is CCC=CCC(C)(C)C(C)CC. The molecule has 0 fully saturated rings. The summed E-state index contributed by atoms with van der Waals surface area (Å²) in [6.07, 6.45) is 8.26. The van der Waals surface area contributed by atoms with Crippen molar-refractivity contribution >= 4 is 0 Å². The molecule has 0 aromatic heterocycles. The molecule has 0 heteroatoms. The van der Waals surface area contributed by atoms with Crippen molar-refractivity contribution in [1.82, 2.24) is 0 Å². The van der Waals surface area contributed by atoms with Crippen LogP contribution in [0.15, 0.2) is 12.2 Å². The Kier molecular flexibility index (Phi) is 5.28. The molecule has 0 radical (unpaired) electrons. The lowest BCUT2D eigenvalue weighted by Gasteiger charge is -2.29. The smallest absolute Gasteiger partial charge is 0.0294 e. The third-order valence-electron chi connectivity index (χ3n) is 2.99. The second-order valence-corrected chi connectivity index (χ2v) is 4.38. The van der Waals surface area contributed by atoms with E-state index in [1.165, 1.54) is 12.8 Å². The molecule has 1 unspecified atom stereocenters. The second-order valence-electron chi connectivity index (χ2n) is 4.38. The van der Waals surface area contributed by atoms with Gasteiger partial charge in [-0.15, -0.1) is 0 Å². The summed E-state index contributed by atoms with van der Waals surface area (Å²) in [6.45, 7) is 11.5. The zero-order valence-electron chi connectivity index (χ0n) is 9.35. The maximum atomic E-state index is 2.36. The minimum atomic E-state index is 0.473. The van der Waals surface area contributed by atoms with Gasteiger partial charge in [-0.1, -0.05) is 53.2 Å². The van der Waals surface area contributed by atoms with E-state index in [0.29, 0.717) is 5.41 Å². The Balaban J connectivity index is 3.94. The van der Waals surface area contributed by atoms with Crippen LogP contribution in [0.25, 0.3) is 0 Å². The van der Waals surface area contributed by atoms with Gasteiger partial charge >= 0.3 is 0 Å². The molecule has 0 aromatic carbocycles. The highest BCUT2D eigenvalue weighted by Gasteiger charge is 2.22. The van der Waals surface area contributed by atoms with Crippen LogP contribution >= 0.6 is 0 Å². The first kappa shape index (κ1) is 11.7. The maximum absolute atomic E-state index is 2.36. The first-order chi connectivity index (χ1) is 5.54. The first-order valence-corrected chi connectivity index (χ1v) is 5.19. The molecule has 0 nitrogen and oxygen atoms in total. The van der Waals surface area contributed by atoms with E-state index < -0.39 is 0 Å². The van der Waals surface area contributed by atoms with Crippen molar-refractivity contribution in [1.29, 1.82) is 0 Å². The van der Waals surface area contributed by atoms with Gasteiger partial charge in [0, 0.05) is 0 Å². The summed E-state index contributed by atoms with van der Waals surface area (Å²) < 4.78 is 0. The minimum absolute atomic E-state index is 0.473. The van der Waals surface area contributed by atoms with Gasteiger partial charge < -0.3 is 0 Å². The van der Waals surface area contributed by atoms with Gasteiger partial charge in [-0.3, -0.25) is 0 Å². The van der Waals surface area contributed by atoms with Gasteiger partial charge in [0.1, 0.15) is 0 Å². The van der Waals surface area contributed by atoms with Crippen LogP contribution in [0.2, 0.25) is 0 Å². The fourth-order valence-corrected chi connectivity index (χ4v) is 1.31. The van der Waals surface area contributed by atoms with Crippen molar-refractivity contribution < 1.29 is 0 Å². The molecule has 0 aliphatic rings. The lowest BCUT2D eigenvalue weighted by molar-refractivity contribution is 0.227. The van der Waals surface area contributed by atoms with Crippen molar-refractivity contribution in [2.75, 3.05) is 0 Å². The number of hydrogen-bond donors (Lipinski definition) is 0. The van der Waals surface area contributed by atoms with Crippen LogP contribution in [0.3, 0.4) is 0 Å². The highest BCUT2D eigenvalue weighted by Crippen LogP contribution is 2.32.